The Kier molecular flexibility index (Phi) is 9.19. The first-order valence-corrected chi connectivity index (χ1v) is 18.1. The normalized spacial score (nSPS) is 22.5. The molecule has 2 amide bonds. The highest BCUT2D eigenvalue weighted by Gasteiger charge is 2.39. The van der Waals surface area contributed by atoms with Crippen LogP contribution in [0.1, 0.15) is 90.6 Å². The fourth-order valence-electron chi connectivity index (χ4n) is 8.18. The summed E-state index contributed by atoms with van der Waals surface area (Å²) < 4.78 is 5.48. The van der Waals surface area contributed by atoms with Gasteiger partial charge in [0, 0.05) is 37.4 Å². The van der Waals surface area contributed by atoms with Crippen molar-refractivity contribution in [2.24, 2.45) is 0 Å². The van der Waals surface area contributed by atoms with E-state index in [1.54, 1.807) is 0 Å². The number of nitrogens with zero attached hydrogens (tertiary/aromatic N) is 6. The van der Waals surface area contributed by atoms with E-state index in [4.69, 9.17) is 14.7 Å². The lowest BCUT2D eigenvalue weighted by Gasteiger charge is -2.37. The zero-order valence-corrected chi connectivity index (χ0v) is 28.1. The van der Waals surface area contributed by atoms with Crippen molar-refractivity contribution >= 4 is 17.5 Å². The van der Waals surface area contributed by atoms with Gasteiger partial charge in [-0.3, -0.25) is 14.5 Å². The molecule has 4 aromatic rings. The van der Waals surface area contributed by atoms with Crippen molar-refractivity contribution < 1.29 is 14.3 Å². The molecule has 0 bridgehead atoms. The Hall–Kier alpha value is -4.48. The van der Waals surface area contributed by atoms with Crippen molar-refractivity contribution in [1.29, 1.82) is 0 Å². The summed E-state index contributed by atoms with van der Waals surface area (Å²) in [4.78, 5) is 53.2. The number of likely N-dealkylation sites (tertiary alicyclic amines) is 3. The van der Waals surface area contributed by atoms with Crippen LogP contribution in [0.2, 0.25) is 0 Å². The van der Waals surface area contributed by atoms with Crippen LogP contribution in [-0.4, -0.2) is 98.9 Å². The van der Waals surface area contributed by atoms with Gasteiger partial charge in [0.05, 0.1) is 49.1 Å². The molecule has 0 spiro atoms. The highest BCUT2D eigenvalue weighted by Crippen LogP contribution is 2.37. The van der Waals surface area contributed by atoms with Gasteiger partial charge in [-0.25, -0.2) is 9.97 Å². The first-order valence-electron chi connectivity index (χ1n) is 18.1. The van der Waals surface area contributed by atoms with Crippen molar-refractivity contribution in [1.82, 2.24) is 34.6 Å². The van der Waals surface area contributed by atoms with Gasteiger partial charge in [0.25, 0.3) is 5.91 Å². The van der Waals surface area contributed by atoms with Gasteiger partial charge in [-0.2, -0.15) is 0 Å². The quantitative estimate of drug-likeness (QED) is 0.256. The maximum atomic E-state index is 14.3. The van der Waals surface area contributed by atoms with Gasteiger partial charge in [0.15, 0.2) is 0 Å². The molecular formula is C38H46N8O3. The number of nitrogens with one attached hydrogen (secondary N) is 2. The zero-order valence-electron chi connectivity index (χ0n) is 28.1. The number of hydrogen-bond donors (Lipinski definition) is 2. The molecule has 2 N–H and O–H groups in total. The average Bonchev–Trinajstić information content (AvgIpc) is 3.99. The lowest BCUT2D eigenvalue weighted by molar-refractivity contribution is -0.139. The van der Waals surface area contributed by atoms with Gasteiger partial charge < -0.3 is 29.4 Å². The van der Waals surface area contributed by atoms with E-state index in [1.165, 1.54) is 6.42 Å². The molecule has 2 aromatic heterocycles. The number of piperidine rings is 1. The number of aromatic nitrogens is 4. The van der Waals surface area contributed by atoms with Crippen LogP contribution in [0.4, 0.5) is 5.69 Å². The first kappa shape index (κ1) is 31.8. The molecule has 6 heterocycles. The number of ether oxygens (including phenoxy) is 1. The Morgan fingerprint density at radius 2 is 1.31 bits per heavy atom. The minimum atomic E-state index is -0.272. The zero-order chi connectivity index (χ0) is 33.2. The fourth-order valence-corrected chi connectivity index (χ4v) is 8.18. The number of amides is 2. The van der Waals surface area contributed by atoms with Gasteiger partial charge in [0.2, 0.25) is 5.91 Å². The van der Waals surface area contributed by atoms with Crippen LogP contribution in [0, 0.1) is 0 Å². The molecule has 11 nitrogen and oxygen atoms in total. The Balaban J connectivity index is 0.965. The average molecular weight is 663 g/mol. The SMILES string of the molecule is O=C(c1ccc(N2CCOCC2)cc1)N1CCC[C@H]1c1ncc(-c2cnc([C@@H]3CCCN3C(=O)[C@@H](c3ccccc3)N3CCCCC3)[nH]2)[nH]1. The summed E-state index contributed by atoms with van der Waals surface area (Å²) in [5.74, 6) is 1.79. The second-order valence-electron chi connectivity index (χ2n) is 13.8. The third-order valence-electron chi connectivity index (χ3n) is 10.8. The molecular weight excluding hydrogens is 616 g/mol. The maximum Gasteiger partial charge on any atom is 0.254 e. The molecule has 0 aliphatic carbocycles. The van der Waals surface area contributed by atoms with Crippen LogP contribution in [0.25, 0.3) is 11.4 Å². The predicted octanol–water partition coefficient (Wildman–Crippen LogP) is 5.50. The van der Waals surface area contributed by atoms with Crippen molar-refractivity contribution in [3.05, 3.63) is 89.8 Å². The van der Waals surface area contributed by atoms with Crippen LogP contribution in [0.3, 0.4) is 0 Å². The van der Waals surface area contributed by atoms with E-state index in [0.29, 0.717) is 12.1 Å². The molecule has 4 aliphatic heterocycles. The molecule has 11 heteroatoms. The van der Waals surface area contributed by atoms with Crippen molar-refractivity contribution in [3.63, 3.8) is 0 Å². The molecule has 3 atom stereocenters. The van der Waals surface area contributed by atoms with E-state index in [2.05, 4.69) is 31.9 Å². The lowest BCUT2D eigenvalue weighted by Crippen LogP contribution is -2.44. The van der Waals surface area contributed by atoms with E-state index >= 15 is 0 Å². The number of benzene rings is 2. The number of carbonyl (C=O) groups excluding carboxylic acids is 2. The molecule has 0 radical (unpaired) electrons. The monoisotopic (exact) mass is 662 g/mol. The van der Waals surface area contributed by atoms with Crippen molar-refractivity contribution in [2.45, 2.75) is 63.1 Å². The smallest absolute Gasteiger partial charge is 0.254 e. The van der Waals surface area contributed by atoms with Crippen LogP contribution in [0.15, 0.2) is 67.0 Å². The second-order valence-corrected chi connectivity index (χ2v) is 13.8. The number of anilines is 1. The van der Waals surface area contributed by atoms with E-state index in [0.717, 1.165) is 119 Å². The summed E-state index contributed by atoms with van der Waals surface area (Å²) >= 11 is 0. The fraction of sp³-hybridized carbons (Fsp3) is 0.474. The third kappa shape index (κ3) is 6.49. The Labute approximate surface area is 287 Å². The molecule has 256 valence electrons. The van der Waals surface area contributed by atoms with Crippen LogP contribution >= 0.6 is 0 Å². The standard InChI is InChI=1S/C38H46N8O3/c47-37(28-13-15-29(16-14-28)43-21-23-49-24-22-43)45-19-7-11-32(45)35-39-25-30(41-35)31-26-40-36(42-31)33-12-8-20-46(33)38(48)34(27-9-3-1-4-10-27)44-17-5-2-6-18-44/h1,3-4,9-10,13-16,25-26,32-34H,2,5-8,11-12,17-24H2,(H,39,41)(H,40,42)/t32-,33-,34+/m0/s1. The molecule has 0 unspecified atom stereocenters. The molecule has 49 heavy (non-hydrogen) atoms. The number of morpholine rings is 1. The molecule has 2 aromatic carbocycles. The first-order chi connectivity index (χ1) is 24.1. The van der Waals surface area contributed by atoms with Crippen LogP contribution < -0.4 is 4.90 Å². The van der Waals surface area contributed by atoms with Gasteiger partial charge in [-0.15, -0.1) is 0 Å². The summed E-state index contributed by atoms with van der Waals surface area (Å²) in [7, 11) is 0. The summed E-state index contributed by atoms with van der Waals surface area (Å²) in [6.45, 7) is 6.51. The number of H-pyrrole nitrogens is 2. The minimum absolute atomic E-state index is 0.0298. The third-order valence-corrected chi connectivity index (χ3v) is 10.8. The number of rotatable bonds is 8. The predicted molar refractivity (Wildman–Crippen MR) is 187 cm³/mol. The maximum absolute atomic E-state index is 14.3. The molecule has 0 saturated carbocycles. The largest absolute Gasteiger partial charge is 0.378 e. The Morgan fingerprint density at radius 3 is 1.96 bits per heavy atom. The molecule has 4 fully saturated rings. The van der Waals surface area contributed by atoms with Gasteiger partial charge in [-0.1, -0.05) is 36.8 Å². The summed E-state index contributed by atoms with van der Waals surface area (Å²) in [6.07, 6.45) is 10.7. The van der Waals surface area contributed by atoms with Crippen LogP contribution in [0.5, 0.6) is 0 Å². The highest BCUT2D eigenvalue weighted by atomic mass is 16.5. The van der Waals surface area contributed by atoms with Gasteiger partial charge in [0.1, 0.15) is 17.7 Å². The van der Waals surface area contributed by atoms with Crippen molar-refractivity contribution in [2.75, 3.05) is 57.4 Å². The van der Waals surface area contributed by atoms with E-state index in [9.17, 15) is 9.59 Å². The number of aromatic amines is 2. The highest BCUT2D eigenvalue weighted by molar-refractivity contribution is 5.95. The van der Waals surface area contributed by atoms with E-state index < -0.39 is 0 Å². The number of imidazole rings is 2. The second kappa shape index (κ2) is 14.2. The van der Waals surface area contributed by atoms with Crippen LogP contribution in [-0.2, 0) is 9.53 Å². The van der Waals surface area contributed by atoms with E-state index in [1.807, 2.05) is 64.7 Å². The van der Waals surface area contributed by atoms with E-state index in [-0.39, 0.29) is 29.9 Å². The number of hydrogen-bond acceptors (Lipinski definition) is 7. The number of carbonyl (C=O) groups is 2. The summed E-state index contributed by atoms with van der Waals surface area (Å²) in [5, 5.41) is 0. The lowest BCUT2D eigenvalue weighted by atomic mass is 10.00. The van der Waals surface area contributed by atoms with Gasteiger partial charge >= 0.3 is 0 Å². The minimum Gasteiger partial charge on any atom is -0.378 e. The molecule has 4 aliphatic rings. The topological polar surface area (TPSA) is 114 Å². The van der Waals surface area contributed by atoms with Crippen molar-refractivity contribution in [3.8, 4) is 11.4 Å². The summed E-state index contributed by atoms with van der Waals surface area (Å²) in [5.41, 5.74) is 4.54. The summed E-state index contributed by atoms with van der Waals surface area (Å²) in [6, 6.07) is 17.7. The van der Waals surface area contributed by atoms with Gasteiger partial charge in [-0.05, 0) is 81.4 Å². The molecule has 8 rings (SSSR count). The molecule has 4 saturated heterocycles. The Morgan fingerprint density at radius 1 is 0.694 bits per heavy atom. The Bertz CT molecular complexity index is 1720.